The van der Waals surface area contributed by atoms with Crippen molar-refractivity contribution in [3.05, 3.63) is 28.7 Å². The molecule has 0 bridgehead atoms. The molecular weight excluding hydrogens is 276 g/mol. The van der Waals surface area contributed by atoms with Gasteiger partial charge in [-0.1, -0.05) is 5.16 Å². The molecule has 0 amide bonds. The molecule has 20 heavy (non-hydrogen) atoms. The topological polar surface area (TPSA) is 76.8 Å². The van der Waals surface area contributed by atoms with Crippen molar-refractivity contribution in [2.45, 2.75) is 12.3 Å². The molecule has 0 aliphatic carbocycles. The van der Waals surface area contributed by atoms with Crippen LogP contribution < -0.4 is 0 Å². The highest BCUT2D eigenvalue weighted by Gasteiger charge is 2.24. The number of nitrogens with zero attached hydrogens (tertiary/aromatic N) is 3. The van der Waals surface area contributed by atoms with E-state index >= 15 is 0 Å². The van der Waals surface area contributed by atoms with Crippen molar-refractivity contribution < 1.29 is 9.26 Å². The van der Waals surface area contributed by atoms with Gasteiger partial charge in [-0.3, -0.25) is 5.10 Å². The standard InChI is InChI=1S/C13H12N4O2S/c1-3-18-6-8(1)12-14-13(19-17-12)11-5-10(15-16-11)9-2-4-20-7-9/h2,4-5,7-8H,1,3,6H2,(H,15,16)/t8-/m0/s1. The molecule has 1 aliphatic rings. The second-order valence-electron chi connectivity index (χ2n) is 4.70. The smallest absolute Gasteiger partial charge is 0.275 e. The minimum absolute atomic E-state index is 0.242. The first-order valence-corrected chi connectivity index (χ1v) is 7.34. The molecule has 0 spiro atoms. The third kappa shape index (κ3) is 2.04. The number of aromatic amines is 1. The average molecular weight is 288 g/mol. The molecule has 102 valence electrons. The first kappa shape index (κ1) is 11.8. The van der Waals surface area contributed by atoms with Gasteiger partial charge in [-0.05, 0) is 23.9 Å². The second kappa shape index (κ2) is 4.84. The lowest BCUT2D eigenvalue weighted by molar-refractivity contribution is 0.192. The van der Waals surface area contributed by atoms with Crippen LogP contribution in [-0.2, 0) is 4.74 Å². The quantitative estimate of drug-likeness (QED) is 0.801. The number of thiophene rings is 1. The number of H-pyrrole nitrogens is 1. The molecule has 0 saturated carbocycles. The maximum Gasteiger partial charge on any atom is 0.275 e. The molecule has 0 radical (unpaired) electrons. The van der Waals surface area contributed by atoms with Crippen molar-refractivity contribution in [1.29, 1.82) is 0 Å². The lowest BCUT2D eigenvalue weighted by atomic mass is 10.1. The summed E-state index contributed by atoms with van der Waals surface area (Å²) in [7, 11) is 0. The summed E-state index contributed by atoms with van der Waals surface area (Å²) in [6.45, 7) is 1.43. The highest BCUT2D eigenvalue weighted by molar-refractivity contribution is 7.08. The number of ether oxygens (including phenoxy) is 1. The molecule has 0 aromatic carbocycles. The lowest BCUT2D eigenvalue weighted by Gasteiger charge is -1.97. The van der Waals surface area contributed by atoms with Crippen LogP contribution in [0.15, 0.2) is 27.4 Å². The molecule has 4 heterocycles. The van der Waals surface area contributed by atoms with Gasteiger partial charge in [0, 0.05) is 23.5 Å². The Labute approximate surface area is 118 Å². The molecule has 7 heteroatoms. The number of aromatic nitrogens is 4. The van der Waals surface area contributed by atoms with Crippen LogP contribution in [0.4, 0.5) is 0 Å². The van der Waals surface area contributed by atoms with Crippen molar-refractivity contribution >= 4 is 11.3 Å². The Morgan fingerprint density at radius 1 is 1.40 bits per heavy atom. The van der Waals surface area contributed by atoms with Crippen LogP contribution >= 0.6 is 11.3 Å². The summed E-state index contributed by atoms with van der Waals surface area (Å²) < 4.78 is 10.6. The second-order valence-corrected chi connectivity index (χ2v) is 5.48. The molecule has 3 aromatic rings. The summed E-state index contributed by atoms with van der Waals surface area (Å²) in [4.78, 5) is 4.43. The predicted molar refractivity (Wildman–Crippen MR) is 73.4 cm³/mol. The summed E-state index contributed by atoms with van der Waals surface area (Å²) in [6, 6.07) is 3.95. The van der Waals surface area contributed by atoms with Crippen molar-refractivity contribution in [1.82, 2.24) is 20.3 Å². The fourth-order valence-electron chi connectivity index (χ4n) is 2.24. The van der Waals surface area contributed by atoms with Gasteiger partial charge < -0.3 is 9.26 Å². The van der Waals surface area contributed by atoms with E-state index in [1.807, 2.05) is 17.5 Å². The van der Waals surface area contributed by atoms with Gasteiger partial charge in [0.05, 0.1) is 12.3 Å². The molecule has 1 aliphatic heterocycles. The minimum atomic E-state index is 0.242. The molecule has 1 atom stereocenters. The number of rotatable bonds is 3. The van der Waals surface area contributed by atoms with E-state index in [1.54, 1.807) is 11.3 Å². The fourth-order valence-corrected chi connectivity index (χ4v) is 2.89. The first-order valence-electron chi connectivity index (χ1n) is 6.40. The van der Waals surface area contributed by atoms with Gasteiger partial charge in [-0.15, -0.1) is 0 Å². The van der Waals surface area contributed by atoms with E-state index in [4.69, 9.17) is 9.26 Å². The molecule has 1 N–H and O–H groups in total. The van der Waals surface area contributed by atoms with E-state index in [-0.39, 0.29) is 5.92 Å². The Hall–Kier alpha value is -1.99. The zero-order valence-electron chi connectivity index (χ0n) is 10.6. The average Bonchev–Trinajstić information content (AvgIpc) is 3.22. The SMILES string of the molecule is c1cc(-c2cc(-c3nc([C@H]4CCOC4)no3)[nH]n2)cs1. The number of hydrogen-bond donors (Lipinski definition) is 1. The van der Waals surface area contributed by atoms with Gasteiger partial charge in [-0.25, -0.2) is 0 Å². The highest BCUT2D eigenvalue weighted by Crippen LogP contribution is 2.27. The van der Waals surface area contributed by atoms with E-state index in [1.165, 1.54) is 0 Å². The summed E-state index contributed by atoms with van der Waals surface area (Å²) in [6.07, 6.45) is 0.947. The van der Waals surface area contributed by atoms with Gasteiger partial charge in [0.15, 0.2) is 5.82 Å². The molecular formula is C13H12N4O2S. The van der Waals surface area contributed by atoms with Crippen molar-refractivity contribution in [2.75, 3.05) is 13.2 Å². The predicted octanol–water partition coefficient (Wildman–Crippen LogP) is 2.69. The Bertz CT molecular complexity index is 698. The lowest BCUT2D eigenvalue weighted by Crippen LogP contribution is -1.99. The van der Waals surface area contributed by atoms with Crippen LogP contribution in [0.2, 0.25) is 0 Å². The van der Waals surface area contributed by atoms with Gasteiger partial charge in [0.2, 0.25) is 0 Å². The van der Waals surface area contributed by atoms with Crippen LogP contribution in [0.3, 0.4) is 0 Å². The van der Waals surface area contributed by atoms with E-state index < -0.39 is 0 Å². The Morgan fingerprint density at radius 3 is 3.20 bits per heavy atom. The van der Waals surface area contributed by atoms with Crippen molar-refractivity contribution in [3.63, 3.8) is 0 Å². The summed E-state index contributed by atoms with van der Waals surface area (Å²) >= 11 is 1.64. The Kier molecular flexibility index (Phi) is 2.86. The third-order valence-electron chi connectivity index (χ3n) is 3.36. The number of nitrogens with one attached hydrogen (secondary N) is 1. The van der Waals surface area contributed by atoms with Crippen LogP contribution in [0.25, 0.3) is 22.8 Å². The number of hydrogen-bond acceptors (Lipinski definition) is 6. The van der Waals surface area contributed by atoms with Gasteiger partial charge >= 0.3 is 0 Å². The summed E-state index contributed by atoms with van der Waals surface area (Å²) in [5.74, 6) is 1.43. The molecule has 6 nitrogen and oxygen atoms in total. The van der Waals surface area contributed by atoms with E-state index in [9.17, 15) is 0 Å². The zero-order valence-corrected chi connectivity index (χ0v) is 11.4. The van der Waals surface area contributed by atoms with E-state index in [0.29, 0.717) is 18.3 Å². The van der Waals surface area contributed by atoms with Gasteiger partial charge in [-0.2, -0.15) is 21.4 Å². The van der Waals surface area contributed by atoms with Crippen molar-refractivity contribution in [2.24, 2.45) is 0 Å². The minimum Gasteiger partial charge on any atom is -0.381 e. The normalized spacial score (nSPS) is 18.7. The summed E-state index contributed by atoms with van der Waals surface area (Å²) in [5.41, 5.74) is 2.70. The van der Waals surface area contributed by atoms with Crippen LogP contribution in [0.1, 0.15) is 18.2 Å². The van der Waals surface area contributed by atoms with Gasteiger partial charge in [0.25, 0.3) is 5.89 Å². The fraction of sp³-hybridized carbons (Fsp3) is 0.308. The first-order chi connectivity index (χ1) is 9.90. The molecule has 0 unspecified atom stereocenters. The van der Waals surface area contributed by atoms with E-state index in [0.717, 1.165) is 30.0 Å². The third-order valence-corrected chi connectivity index (χ3v) is 4.05. The van der Waals surface area contributed by atoms with Crippen LogP contribution in [0.5, 0.6) is 0 Å². The maximum atomic E-state index is 5.34. The molecule has 3 aromatic heterocycles. The van der Waals surface area contributed by atoms with E-state index in [2.05, 4.69) is 25.7 Å². The molecule has 4 rings (SSSR count). The van der Waals surface area contributed by atoms with Gasteiger partial charge in [0.1, 0.15) is 5.69 Å². The molecule has 1 fully saturated rings. The summed E-state index contributed by atoms with van der Waals surface area (Å²) in [5, 5.41) is 15.3. The van der Waals surface area contributed by atoms with Crippen LogP contribution in [0, 0.1) is 0 Å². The Balaban J connectivity index is 1.61. The van der Waals surface area contributed by atoms with Crippen LogP contribution in [-0.4, -0.2) is 33.6 Å². The monoisotopic (exact) mass is 288 g/mol. The van der Waals surface area contributed by atoms with Crippen molar-refractivity contribution in [3.8, 4) is 22.8 Å². The Morgan fingerprint density at radius 2 is 2.40 bits per heavy atom. The zero-order chi connectivity index (χ0) is 13.4. The molecule has 1 saturated heterocycles. The highest BCUT2D eigenvalue weighted by atomic mass is 32.1. The largest absolute Gasteiger partial charge is 0.381 e. The maximum absolute atomic E-state index is 5.34.